The van der Waals surface area contributed by atoms with Crippen molar-refractivity contribution in [2.45, 2.75) is 51.9 Å². The monoisotopic (exact) mass is 319 g/mol. The van der Waals surface area contributed by atoms with E-state index in [4.69, 9.17) is 10.5 Å². The Bertz CT molecular complexity index is 406. The van der Waals surface area contributed by atoms with Crippen LogP contribution in [0.15, 0.2) is 35.3 Å². The zero-order chi connectivity index (χ0) is 16.6. The summed E-state index contributed by atoms with van der Waals surface area (Å²) in [5.41, 5.74) is 7.15. The van der Waals surface area contributed by atoms with Crippen LogP contribution in [0.1, 0.15) is 51.0 Å². The van der Waals surface area contributed by atoms with Crippen molar-refractivity contribution in [3.8, 4) is 0 Å². The highest BCUT2D eigenvalue weighted by Crippen LogP contribution is 2.00. The lowest BCUT2D eigenvalue weighted by Crippen LogP contribution is -2.32. The van der Waals surface area contributed by atoms with Crippen molar-refractivity contribution in [3.63, 3.8) is 0 Å². The van der Waals surface area contributed by atoms with Gasteiger partial charge in [0.05, 0.1) is 6.61 Å². The minimum absolute atomic E-state index is 0.575. The Labute approximate surface area is 141 Å². The van der Waals surface area contributed by atoms with Crippen molar-refractivity contribution in [1.29, 1.82) is 0 Å². The lowest BCUT2D eigenvalue weighted by molar-refractivity contribution is 0.133. The second kappa shape index (κ2) is 14.1. The van der Waals surface area contributed by atoms with Gasteiger partial charge in [-0.15, -0.1) is 0 Å². The van der Waals surface area contributed by atoms with Crippen LogP contribution in [0.4, 0.5) is 0 Å². The molecule has 0 fully saturated rings. The predicted octanol–water partition coefficient (Wildman–Crippen LogP) is 3.51. The van der Waals surface area contributed by atoms with Gasteiger partial charge in [-0.25, -0.2) is 0 Å². The largest absolute Gasteiger partial charge is 0.381 e. The summed E-state index contributed by atoms with van der Waals surface area (Å²) in [7, 11) is 0. The molecule has 0 aliphatic carbocycles. The maximum Gasteiger partial charge on any atom is 0.188 e. The summed E-state index contributed by atoms with van der Waals surface area (Å²) in [6, 6.07) is 10.4. The van der Waals surface area contributed by atoms with Crippen LogP contribution in [0.2, 0.25) is 0 Å². The Kier molecular flexibility index (Phi) is 11.9. The number of nitrogens with one attached hydrogen (secondary N) is 1. The van der Waals surface area contributed by atoms with Crippen molar-refractivity contribution in [1.82, 2.24) is 5.32 Å². The van der Waals surface area contributed by atoms with Crippen LogP contribution in [0.3, 0.4) is 0 Å². The molecular formula is C19H33N3O. The molecule has 1 rings (SSSR count). The van der Waals surface area contributed by atoms with Crippen LogP contribution in [0.25, 0.3) is 0 Å². The highest BCUT2D eigenvalue weighted by atomic mass is 16.5. The molecule has 1 aromatic rings. The smallest absolute Gasteiger partial charge is 0.188 e. The third-order valence-electron chi connectivity index (χ3n) is 3.69. The number of nitrogens with zero attached hydrogens (tertiary/aromatic N) is 1. The normalized spacial score (nSPS) is 11.6. The molecule has 4 heteroatoms. The van der Waals surface area contributed by atoms with Gasteiger partial charge in [0.25, 0.3) is 0 Å². The molecule has 23 heavy (non-hydrogen) atoms. The molecule has 0 aliphatic heterocycles. The molecule has 0 bridgehead atoms. The number of unbranched alkanes of at least 4 members (excludes halogenated alkanes) is 4. The van der Waals surface area contributed by atoms with Gasteiger partial charge in [-0.3, -0.25) is 4.99 Å². The fourth-order valence-corrected chi connectivity index (χ4v) is 2.28. The van der Waals surface area contributed by atoms with Crippen molar-refractivity contribution in [2.24, 2.45) is 10.7 Å². The number of benzene rings is 1. The molecule has 3 N–H and O–H groups in total. The molecule has 0 saturated heterocycles. The summed E-state index contributed by atoms with van der Waals surface area (Å²) in [5.74, 6) is 0.575. The molecule has 0 radical (unpaired) electrons. The summed E-state index contributed by atoms with van der Waals surface area (Å²) in [5, 5.41) is 3.16. The van der Waals surface area contributed by atoms with Crippen LogP contribution in [-0.2, 0) is 11.2 Å². The van der Waals surface area contributed by atoms with Gasteiger partial charge in [0, 0.05) is 19.7 Å². The molecule has 0 heterocycles. The zero-order valence-electron chi connectivity index (χ0n) is 14.6. The summed E-state index contributed by atoms with van der Waals surface area (Å²) < 4.78 is 5.66. The first-order valence-electron chi connectivity index (χ1n) is 8.98. The number of ether oxygens (including phenoxy) is 1. The molecule has 0 atom stereocenters. The maximum absolute atomic E-state index is 5.82. The quantitative estimate of drug-likeness (QED) is 0.332. The minimum Gasteiger partial charge on any atom is -0.381 e. The molecule has 0 spiro atoms. The number of aliphatic imine (C=N–C) groups is 1. The topological polar surface area (TPSA) is 59.6 Å². The van der Waals surface area contributed by atoms with E-state index in [-0.39, 0.29) is 0 Å². The Morgan fingerprint density at radius 1 is 1.04 bits per heavy atom. The predicted molar refractivity (Wildman–Crippen MR) is 98.8 cm³/mol. The summed E-state index contributed by atoms with van der Waals surface area (Å²) in [6.45, 7) is 5.51. The van der Waals surface area contributed by atoms with E-state index in [0.29, 0.717) is 5.96 Å². The molecule has 4 nitrogen and oxygen atoms in total. The summed E-state index contributed by atoms with van der Waals surface area (Å²) >= 11 is 0. The fraction of sp³-hybridized carbons (Fsp3) is 0.632. The van der Waals surface area contributed by atoms with E-state index in [2.05, 4.69) is 41.5 Å². The first-order chi connectivity index (χ1) is 11.3. The van der Waals surface area contributed by atoms with Gasteiger partial charge in [0.2, 0.25) is 0 Å². The van der Waals surface area contributed by atoms with Crippen LogP contribution < -0.4 is 11.1 Å². The fourth-order valence-electron chi connectivity index (χ4n) is 2.28. The van der Waals surface area contributed by atoms with Crippen molar-refractivity contribution in [2.75, 3.05) is 26.3 Å². The molecular weight excluding hydrogens is 286 g/mol. The second-order valence-electron chi connectivity index (χ2n) is 5.81. The zero-order valence-corrected chi connectivity index (χ0v) is 14.6. The van der Waals surface area contributed by atoms with E-state index < -0.39 is 0 Å². The summed E-state index contributed by atoms with van der Waals surface area (Å²) in [6.07, 6.45) is 8.00. The highest BCUT2D eigenvalue weighted by molar-refractivity contribution is 5.77. The lowest BCUT2D eigenvalue weighted by Gasteiger charge is -2.07. The van der Waals surface area contributed by atoms with E-state index in [0.717, 1.165) is 52.0 Å². The molecule has 0 saturated carbocycles. The Hall–Kier alpha value is -1.55. The number of guanidine groups is 1. The van der Waals surface area contributed by atoms with Gasteiger partial charge in [0.15, 0.2) is 5.96 Å². The average Bonchev–Trinajstić information content (AvgIpc) is 2.58. The second-order valence-corrected chi connectivity index (χ2v) is 5.81. The average molecular weight is 319 g/mol. The minimum atomic E-state index is 0.575. The number of nitrogens with two attached hydrogens (primary N) is 1. The van der Waals surface area contributed by atoms with Gasteiger partial charge >= 0.3 is 0 Å². The number of rotatable bonds is 13. The maximum atomic E-state index is 5.82. The summed E-state index contributed by atoms with van der Waals surface area (Å²) in [4.78, 5) is 4.33. The van der Waals surface area contributed by atoms with E-state index in [1.54, 1.807) is 0 Å². The Balaban J connectivity index is 1.88. The van der Waals surface area contributed by atoms with Crippen LogP contribution >= 0.6 is 0 Å². The molecule has 130 valence electrons. The van der Waals surface area contributed by atoms with E-state index in [9.17, 15) is 0 Å². The Morgan fingerprint density at radius 2 is 1.87 bits per heavy atom. The molecule has 0 unspecified atom stereocenters. The molecule has 1 aromatic carbocycles. The third kappa shape index (κ3) is 11.6. The van der Waals surface area contributed by atoms with Crippen LogP contribution in [-0.4, -0.2) is 32.3 Å². The van der Waals surface area contributed by atoms with Crippen LogP contribution in [0.5, 0.6) is 0 Å². The molecule has 0 aliphatic rings. The van der Waals surface area contributed by atoms with Gasteiger partial charge in [0.1, 0.15) is 0 Å². The first-order valence-corrected chi connectivity index (χ1v) is 8.98. The molecule has 0 amide bonds. The van der Waals surface area contributed by atoms with E-state index in [1.165, 1.54) is 24.8 Å². The van der Waals surface area contributed by atoms with Crippen molar-refractivity contribution >= 4 is 5.96 Å². The highest BCUT2D eigenvalue weighted by Gasteiger charge is 1.95. The van der Waals surface area contributed by atoms with Crippen molar-refractivity contribution in [3.05, 3.63) is 35.9 Å². The van der Waals surface area contributed by atoms with E-state index >= 15 is 0 Å². The van der Waals surface area contributed by atoms with Gasteiger partial charge in [-0.05, 0) is 31.2 Å². The SMILES string of the molecule is CCCCCCN=C(N)NCCCCOCCc1ccccc1. The van der Waals surface area contributed by atoms with E-state index in [1.807, 2.05) is 6.07 Å². The van der Waals surface area contributed by atoms with Gasteiger partial charge in [-0.2, -0.15) is 0 Å². The third-order valence-corrected chi connectivity index (χ3v) is 3.69. The van der Waals surface area contributed by atoms with Gasteiger partial charge < -0.3 is 15.8 Å². The lowest BCUT2D eigenvalue weighted by atomic mass is 10.2. The Morgan fingerprint density at radius 3 is 2.65 bits per heavy atom. The molecule has 0 aromatic heterocycles. The number of hydrogen-bond donors (Lipinski definition) is 2. The number of hydrogen-bond acceptors (Lipinski definition) is 2. The van der Waals surface area contributed by atoms with Crippen molar-refractivity contribution < 1.29 is 4.74 Å². The van der Waals surface area contributed by atoms with Crippen LogP contribution in [0, 0.1) is 0 Å². The van der Waals surface area contributed by atoms with Gasteiger partial charge in [-0.1, -0.05) is 56.5 Å². The standard InChI is InChI=1S/C19H33N3O/c1-2-3-4-8-14-21-19(20)22-15-9-10-16-23-17-13-18-11-6-5-7-12-18/h5-7,11-12H,2-4,8-10,13-17H2,1H3,(H3,20,21,22). The first kappa shape index (κ1) is 19.5.